The van der Waals surface area contributed by atoms with Gasteiger partial charge in [-0.25, -0.2) is 0 Å². The number of rotatable bonds is 3. The maximum Gasteiger partial charge on any atom is 0.195 e. The molecular weight excluding hydrogens is 272 g/mol. The third kappa shape index (κ3) is 3.80. The number of benzene rings is 1. The summed E-state index contributed by atoms with van der Waals surface area (Å²) in [7, 11) is 8.18. The third-order valence-electron chi connectivity index (χ3n) is 4.39. The van der Waals surface area contributed by atoms with Crippen LogP contribution < -0.4 is 0 Å². The van der Waals surface area contributed by atoms with Crippen molar-refractivity contribution >= 4 is 5.96 Å². The van der Waals surface area contributed by atoms with Crippen LogP contribution in [-0.2, 0) is 13.0 Å². The molecule has 1 aliphatic rings. The second kappa shape index (κ2) is 6.69. The Labute approximate surface area is 135 Å². The van der Waals surface area contributed by atoms with E-state index in [0.29, 0.717) is 0 Å². The van der Waals surface area contributed by atoms with Gasteiger partial charge in [-0.15, -0.1) is 0 Å². The van der Waals surface area contributed by atoms with E-state index in [1.54, 1.807) is 0 Å². The highest BCUT2D eigenvalue weighted by atomic mass is 15.3. The fourth-order valence-electron chi connectivity index (χ4n) is 3.06. The van der Waals surface area contributed by atoms with E-state index in [0.717, 1.165) is 32.0 Å². The number of hydrogen-bond acceptors (Lipinski definition) is 2. The Balaban J connectivity index is 2.10. The number of guanidine groups is 1. The molecule has 2 rings (SSSR count). The summed E-state index contributed by atoms with van der Waals surface area (Å²) in [5, 5.41) is 0. The van der Waals surface area contributed by atoms with E-state index in [9.17, 15) is 0 Å². The van der Waals surface area contributed by atoms with Crippen molar-refractivity contribution in [2.24, 2.45) is 4.99 Å². The number of hydrogen-bond donors (Lipinski definition) is 0. The molecule has 1 aliphatic heterocycles. The standard InChI is InChI=1S/C18H30N4/c1-18(2,14-19-17(20(3)4)21(5)6)22-12-11-15-9-7-8-10-16(15)13-22/h7-10H,11-14H2,1-6H3. The van der Waals surface area contributed by atoms with Crippen LogP contribution in [-0.4, -0.2) is 67.5 Å². The van der Waals surface area contributed by atoms with Gasteiger partial charge in [-0.3, -0.25) is 9.89 Å². The van der Waals surface area contributed by atoms with Crippen LogP contribution in [0.2, 0.25) is 0 Å². The molecule has 0 fully saturated rings. The van der Waals surface area contributed by atoms with Gasteiger partial charge in [0.05, 0.1) is 6.54 Å². The quantitative estimate of drug-likeness (QED) is 0.632. The Kier molecular flexibility index (Phi) is 5.12. The Bertz CT molecular complexity index is 522. The van der Waals surface area contributed by atoms with E-state index in [2.05, 4.69) is 52.8 Å². The van der Waals surface area contributed by atoms with Crippen molar-refractivity contribution in [2.75, 3.05) is 41.3 Å². The molecule has 0 atom stereocenters. The maximum atomic E-state index is 4.85. The molecule has 0 amide bonds. The fraction of sp³-hybridized carbons (Fsp3) is 0.611. The van der Waals surface area contributed by atoms with E-state index in [1.165, 1.54) is 11.1 Å². The van der Waals surface area contributed by atoms with E-state index in [-0.39, 0.29) is 5.54 Å². The van der Waals surface area contributed by atoms with E-state index < -0.39 is 0 Å². The SMILES string of the molecule is CN(C)C(=NCC(C)(C)N1CCc2ccccc2C1)N(C)C. The van der Waals surface area contributed by atoms with Crippen molar-refractivity contribution in [3.8, 4) is 0 Å². The lowest BCUT2D eigenvalue weighted by Gasteiger charge is -2.41. The molecular formula is C18H30N4. The summed E-state index contributed by atoms with van der Waals surface area (Å²) < 4.78 is 0. The number of nitrogens with zero attached hydrogens (tertiary/aromatic N) is 4. The van der Waals surface area contributed by atoms with Crippen LogP contribution in [0, 0.1) is 0 Å². The van der Waals surface area contributed by atoms with Crippen molar-refractivity contribution in [3.05, 3.63) is 35.4 Å². The van der Waals surface area contributed by atoms with Crippen LogP contribution in [0.5, 0.6) is 0 Å². The summed E-state index contributed by atoms with van der Waals surface area (Å²) in [5.41, 5.74) is 3.02. The van der Waals surface area contributed by atoms with Crippen molar-refractivity contribution in [1.29, 1.82) is 0 Å². The zero-order valence-corrected chi connectivity index (χ0v) is 14.9. The summed E-state index contributed by atoms with van der Waals surface area (Å²) in [4.78, 5) is 11.6. The predicted molar refractivity (Wildman–Crippen MR) is 94.3 cm³/mol. The lowest BCUT2D eigenvalue weighted by Crippen LogP contribution is -2.49. The average molecular weight is 302 g/mol. The molecule has 0 aromatic heterocycles. The molecule has 1 aromatic rings. The van der Waals surface area contributed by atoms with Crippen LogP contribution in [0.3, 0.4) is 0 Å². The largest absolute Gasteiger partial charge is 0.349 e. The smallest absolute Gasteiger partial charge is 0.195 e. The van der Waals surface area contributed by atoms with Crippen LogP contribution in [0.15, 0.2) is 29.3 Å². The Hall–Kier alpha value is -1.55. The van der Waals surface area contributed by atoms with Crippen molar-refractivity contribution in [1.82, 2.24) is 14.7 Å². The van der Waals surface area contributed by atoms with Crippen molar-refractivity contribution in [3.63, 3.8) is 0 Å². The topological polar surface area (TPSA) is 22.1 Å². The molecule has 0 radical (unpaired) electrons. The van der Waals surface area contributed by atoms with Gasteiger partial charge in [0.1, 0.15) is 0 Å². The van der Waals surface area contributed by atoms with Gasteiger partial charge in [0.25, 0.3) is 0 Å². The lowest BCUT2D eigenvalue weighted by molar-refractivity contribution is 0.111. The first-order valence-electron chi connectivity index (χ1n) is 8.02. The van der Waals surface area contributed by atoms with E-state index >= 15 is 0 Å². The number of aliphatic imine (C=N–C) groups is 1. The summed E-state index contributed by atoms with van der Waals surface area (Å²) >= 11 is 0. The minimum atomic E-state index is 0.0603. The van der Waals surface area contributed by atoms with Gasteiger partial charge in [-0.05, 0) is 31.4 Å². The predicted octanol–water partition coefficient (Wildman–Crippen LogP) is 2.30. The highest BCUT2D eigenvalue weighted by Gasteiger charge is 2.29. The molecule has 22 heavy (non-hydrogen) atoms. The summed E-state index contributed by atoms with van der Waals surface area (Å²) in [6, 6.07) is 8.80. The molecule has 0 spiro atoms. The van der Waals surface area contributed by atoms with Crippen LogP contribution >= 0.6 is 0 Å². The molecule has 0 saturated heterocycles. The van der Waals surface area contributed by atoms with Gasteiger partial charge < -0.3 is 9.80 Å². The van der Waals surface area contributed by atoms with Gasteiger partial charge in [-0.2, -0.15) is 0 Å². The van der Waals surface area contributed by atoms with Crippen LogP contribution in [0.1, 0.15) is 25.0 Å². The molecule has 0 unspecified atom stereocenters. The van der Waals surface area contributed by atoms with Gasteiger partial charge in [0.2, 0.25) is 0 Å². The first-order valence-corrected chi connectivity index (χ1v) is 8.02. The van der Waals surface area contributed by atoms with E-state index in [4.69, 9.17) is 4.99 Å². The van der Waals surface area contributed by atoms with Crippen molar-refractivity contribution < 1.29 is 0 Å². The number of fused-ring (bicyclic) bond motifs is 1. The lowest BCUT2D eigenvalue weighted by atomic mass is 9.94. The molecule has 4 nitrogen and oxygen atoms in total. The van der Waals surface area contributed by atoms with E-state index in [1.807, 2.05) is 28.2 Å². The Morgan fingerprint density at radius 2 is 1.68 bits per heavy atom. The monoisotopic (exact) mass is 302 g/mol. The molecule has 1 heterocycles. The average Bonchev–Trinajstić information content (AvgIpc) is 2.46. The first-order chi connectivity index (χ1) is 10.3. The summed E-state index contributed by atoms with van der Waals surface area (Å²) in [6.45, 7) is 7.54. The Morgan fingerprint density at radius 1 is 1.09 bits per heavy atom. The van der Waals surface area contributed by atoms with Gasteiger partial charge in [0.15, 0.2) is 5.96 Å². The summed E-state index contributed by atoms with van der Waals surface area (Å²) in [5.74, 6) is 1.02. The minimum absolute atomic E-state index is 0.0603. The zero-order chi connectivity index (χ0) is 16.3. The molecule has 0 N–H and O–H groups in total. The molecule has 0 bridgehead atoms. The normalized spacial score (nSPS) is 15.2. The fourth-order valence-corrected chi connectivity index (χ4v) is 3.06. The minimum Gasteiger partial charge on any atom is -0.349 e. The van der Waals surface area contributed by atoms with Gasteiger partial charge >= 0.3 is 0 Å². The first kappa shape index (κ1) is 16.8. The third-order valence-corrected chi connectivity index (χ3v) is 4.39. The second-order valence-corrected chi connectivity index (χ2v) is 7.16. The Morgan fingerprint density at radius 3 is 2.27 bits per heavy atom. The second-order valence-electron chi connectivity index (χ2n) is 7.16. The summed E-state index contributed by atoms with van der Waals surface area (Å²) in [6.07, 6.45) is 1.14. The van der Waals surface area contributed by atoms with Gasteiger partial charge in [-0.1, -0.05) is 24.3 Å². The molecule has 0 saturated carbocycles. The van der Waals surface area contributed by atoms with Gasteiger partial charge in [0, 0.05) is 46.8 Å². The molecule has 1 aromatic carbocycles. The van der Waals surface area contributed by atoms with Crippen LogP contribution in [0.4, 0.5) is 0 Å². The molecule has 4 heteroatoms. The highest BCUT2D eigenvalue weighted by Crippen LogP contribution is 2.25. The molecule has 122 valence electrons. The zero-order valence-electron chi connectivity index (χ0n) is 14.9. The maximum absolute atomic E-state index is 4.85. The highest BCUT2D eigenvalue weighted by molar-refractivity contribution is 5.79. The van der Waals surface area contributed by atoms with Crippen molar-refractivity contribution in [2.45, 2.75) is 32.4 Å². The van der Waals surface area contributed by atoms with Crippen LogP contribution in [0.25, 0.3) is 0 Å². The molecule has 0 aliphatic carbocycles.